The maximum Gasteiger partial charge on any atom is 0.337 e. The summed E-state index contributed by atoms with van der Waals surface area (Å²) in [7, 11) is 1.32. The van der Waals surface area contributed by atoms with Gasteiger partial charge < -0.3 is 9.64 Å². The number of benzene rings is 2. The summed E-state index contributed by atoms with van der Waals surface area (Å²) in [6, 6.07) is 15.1. The van der Waals surface area contributed by atoms with Gasteiger partial charge in [-0.05, 0) is 36.1 Å². The first kappa shape index (κ1) is 26.4. The number of rotatable bonds is 10. The number of fused-ring (bicyclic) bond motifs is 3. The van der Waals surface area contributed by atoms with Gasteiger partial charge >= 0.3 is 12.0 Å². The third kappa shape index (κ3) is 5.09. The van der Waals surface area contributed by atoms with Gasteiger partial charge in [-0.1, -0.05) is 44.4 Å². The quantitative estimate of drug-likeness (QED) is 0.127. The Labute approximate surface area is 230 Å². The fourth-order valence-electron chi connectivity index (χ4n) is 4.93. The van der Waals surface area contributed by atoms with Crippen molar-refractivity contribution in [1.29, 1.82) is 0 Å². The van der Waals surface area contributed by atoms with Crippen LogP contribution in [-0.2, 0) is 11.3 Å². The van der Waals surface area contributed by atoms with Crippen LogP contribution in [0.25, 0.3) is 0 Å². The molecule has 0 saturated carbocycles. The average Bonchev–Trinajstić information content (AvgIpc) is 3.57. The van der Waals surface area contributed by atoms with Crippen molar-refractivity contribution in [3.63, 3.8) is 0 Å². The van der Waals surface area contributed by atoms with Gasteiger partial charge in [0.25, 0.3) is 5.69 Å². The van der Waals surface area contributed by atoms with Gasteiger partial charge in [0.15, 0.2) is 6.17 Å². The molecule has 0 fully saturated rings. The van der Waals surface area contributed by atoms with Gasteiger partial charge in [-0.2, -0.15) is 0 Å². The zero-order valence-corrected chi connectivity index (χ0v) is 22.6. The summed E-state index contributed by atoms with van der Waals surface area (Å²) >= 11 is 1.60. The summed E-state index contributed by atoms with van der Waals surface area (Å²) in [5.74, 6) is -0.0740. The molecule has 3 aromatic rings. The van der Waals surface area contributed by atoms with Crippen LogP contribution in [0.1, 0.15) is 59.6 Å². The van der Waals surface area contributed by atoms with E-state index in [9.17, 15) is 19.7 Å². The maximum atomic E-state index is 14.2. The van der Waals surface area contributed by atoms with E-state index >= 15 is 0 Å². The number of carbonyl (C=O) groups excluding carboxylic acids is 2. The zero-order chi connectivity index (χ0) is 27.5. The molecule has 2 amide bonds. The predicted octanol–water partition coefficient (Wildman–Crippen LogP) is 6.34. The van der Waals surface area contributed by atoms with Gasteiger partial charge in [-0.3, -0.25) is 15.0 Å². The van der Waals surface area contributed by atoms with Crippen molar-refractivity contribution in [3.05, 3.63) is 86.1 Å². The number of urea groups is 1. The number of carbonyl (C=O) groups is 2. The van der Waals surface area contributed by atoms with E-state index in [1.54, 1.807) is 51.5 Å². The monoisotopic (exact) mass is 547 g/mol. The Morgan fingerprint density at radius 1 is 1.10 bits per heavy atom. The third-order valence-electron chi connectivity index (χ3n) is 6.87. The summed E-state index contributed by atoms with van der Waals surface area (Å²) in [6.45, 7) is 3.04. The molecule has 11 heteroatoms. The van der Waals surface area contributed by atoms with E-state index < -0.39 is 17.1 Å². The molecular weight excluding hydrogens is 518 g/mol. The highest BCUT2D eigenvalue weighted by Crippen LogP contribution is 2.44. The van der Waals surface area contributed by atoms with Gasteiger partial charge in [0, 0.05) is 29.1 Å². The molecule has 0 aliphatic carbocycles. The molecule has 1 atom stereocenters. The number of thiophene rings is 1. The number of methoxy groups -OCH3 is 1. The van der Waals surface area contributed by atoms with Gasteiger partial charge in [-0.15, -0.1) is 11.3 Å². The first-order chi connectivity index (χ1) is 18.9. The number of amides is 2. The lowest BCUT2D eigenvalue weighted by Gasteiger charge is -2.38. The first-order valence-corrected chi connectivity index (χ1v) is 13.8. The van der Waals surface area contributed by atoms with Crippen molar-refractivity contribution in [1.82, 2.24) is 4.90 Å². The fourth-order valence-corrected chi connectivity index (χ4v) is 5.63. The summed E-state index contributed by atoms with van der Waals surface area (Å²) in [5, 5.41) is 13.5. The number of nitrogens with zero attached hydrogens (tertiary/aromatic N) is 5. The number of nitro benzene ring substituents is 1. The van der Waals surface area contributed by atoms with Crippen molar-refractivity contribution in [2.24, 2.45) is 4.99 Å². The number of anilines is 2. The number of nitro groups is 1. The summed E-state index contributed by atoms with van der Waals surface area (Å²) < 4.78 is 4.92. The van der Waals surface area contributed by atoms with Gasteiger partial charge in [0.2, 0.25) is 5.96 Å². The molecule has 0 bridgehead atoms. The molecule has 2 aromatic carbocycles. The predicted molar refractivity (Wildman–Crippen MR) is 150 cm³/mol. The van der Waals surface area contributed by atoms with Crippen LogP contribution in [0.4, 0.5) is 21.9 Å². The zero-order valence-electron chi connectivity index (χ0n) is 21.8. The van der Waals surface area contributed by atoms with E-state index in [2.05, 4.69) is 6.92 Å². The van der Waals surface area contributed by atoms with E-state index in [0.717, 1.165) is 36.2 Å². The summed E-state index contributed by atoms with van der Waals surface area (Å²) in [5.41, 5.74) is 2.14. The SMILES string of the molecule is CCCCCCN1C(=O)N2C(=NC1c1cccc([N+](=O)[O-])c1)N(Cc1cccs1)c1ccc(C(=O)OC)cc12. The number of ether oxygens (including phenoxy) is 1. The lowest BCUT2D eigenvalue weighted by atomic mass is 10.1. The van der Waals surface area contributed by atoms with Gasteiger partial charge in [-0.25, -0.2) is 19.5 Å². The molecule has 1 unspecified atom stereocenters. The van der Waals surface area contributed by atoms with Crippen molar-refractivity contribution >= 4 is 46.4 Å². The second-order valence-corrected chi connectivity index (χ2v) is 10.4. The molecule has 0 N–H and O–H groups in total. The Bertz CT molecular complexity index is 1420. The van der Waals surface area contributed by atoms with E-state index in [1.165, 1.54) is 19.2 Å². The minimum absolute atomic E-state index is 0.0543. The Hall–Kier alpha value is -4.25. The third-order valence-corrected chi connectivity index (χ3v) is 7.73. The Balaban J connectivity index is 1.63. The Kier molecular flexibility index (Phi) is 7.60. The van der Waals surface area contributed by atoms with Crippen molar-refractivity contribution in [2.75, 3.05) is 23.5 Å². The minimum Gasteiger partial charge on any atom is -0.465 e. The maximum absolute atomic E-state index is 14.2. The number of guanidine groups is 1. The molecule has 3 heterocycles. The lowest BCUT2D eigenvalue weighted by Crippen LogP contribution is -2.54. The molecule has 1 aromatic heterocycles. The van der Waals surface area contributed by atoms with Crippen LogP contribution in [0.15, 0.2) is 65.0 Å². The van der Waals surface area contributed by atoms with Crippen LogP contribution in [0.5, 0.6) is 0 Å². The first-order valence-electron chi connectivity index (χ1n) is 12.9. The lowest BCUT2D eigenvalue weighted by molar-refractivity contribution is -0.384. The number of aliphatic imine (C=N–C) groups is 1. The number of unbranched alkanes of at least 4 members (excludes halogenated alkanes) is 3. The molecule has 2 aliphatic rings. The number of hydrogen-bond donors (Lipinski definition) is 0. The largest absolute Gasteiger partial charge is 0.465 e. The fraction of sp³-hybridized carbons (Fsp3) is 0.321. The molecule has 5 rings (SSSR count). The highest BCUT2D eigenvalue weighted by Gasteiger charge is 2.45. The highest BCUT2D eigenvalue weighted by atomic mass is 32.1. The Morgan fingerprint density at radius 2 is 1.95 bits per heavy atom. The minimum atomic E-state index is -0.731. The molecule has 0 radical (unpaired) electrons. The summed E-state index contributed by atoms with van der Waals surface area (Å²) in [4.78, 5) is 49.0. The van der Waals surface area contributed by atoms with Crippen LogP contribution >= 0.6 is 11.3 Å². The van der Waals surface area contributed by atoms with E-state index in [4.69, 9.17) is 9.73 Å². The molecule has 10 nitrogen and oxygen atoms in total. The number of non-ortho nitro benzene ring substituents is 1. The van der Waals surface area contributed by atoms with Crippen molar-refractivity contribution in [3.8, 4) is 0 Å². The van der Waals surface area contributed by atoms with Gasteiger partial charge in [0.1, 0.15) is 0 Å². The summed E-state index contributed by atoms with van der Waals surface area (Å²) in [6.07, 6.45) is 3.09. The van der Waals surface area contributed by atoms with E-state index in [1.807, 2.05) is 22.4 Å². The normalized spacial score (nSPS) is 16.2. The molecule has 39 heavy (non-hydrogen) atoms. The second-order valence-electron chi connectivity index (χ2n) is 9.39. The van der Waals surface area contributed by atoms with Crippen LogP contribution in [0, 0.1) is 10.1 Å². The molecule has 202 valence electrons. The molecular formula is C28H29N5O5S. The van der Waals surface area contributed by atoms with E-state index in [0.29, 0.717) is 35.9 Å². The topological polar surface area (TPSA) is 109 Å². The molecule has 0 spiro atoms. The average molecular weight is 548 g/mol. The van der Waals surface area contributed by atoms with Crippen molar-refractivity contribution in [2.45, 2.75) is 45.3 Å². The molecule has 2 aliphatic heterocycles. The highest BCUT2D eigenvalue weighted by molar-refractivity contribution is 7.09. The van der Waals surface area contributed by atoms with Crippen LogP contribution in [-0.4, -0.2) is 41.4 Å². The van der Waals surface area contributed by atoms with Crippen molar-refractivity contribution < 1.29 is 19.2 Å². The van der Waals surface area contributed by atoms with E-state index in [-0.39, 0.29) is 11.7 Å². The second kappa shape index (κ2) is 11.2. The standard InChI is InChI=1S/C28H29N5O5S/c1-3-4-5-6-14-30-25(19-9-7-10-21(16-19)33(36)37)29-27-31(18-22-11-8-15-39-22)23-13-12-20(26(34)38-2)17-24(23)32(27)28(30)35/h7-13,15-17,25H,3-6,14,18H2,1-2H3. The smallest absolute Gasteiger partial charge is 0.337 e. The number of esters is 1. The molecule has 0 saturated heterocycles. The number of hydrogen-bond acceptors (Lipinski definition) is 8. The van der Waals surface area contributed by atoms with Gasteiger partial charge in [0.05, 0.1) is 35.5 Å². The Morgan fingerprint density at radius 3 is 2.67 bits per heavy atom. The van der Waals surface area contributed by atoms with Crippen LogP contribution < -0.4 is 9.80 Å². The van der Waals surface area contributed by atoms with Crippen LogP contribution in [0.3, 0.4) is 0 Å². The van der Waals surface area contributed by atoms with Crippen LogP contribution in [0.2, 0.25) is 0 Å².